The maximum atomic E-state index is 15.7. The van der Waals surface area contributed by atoms with Gasteiger partial charge in [-0.1, -0.05) is 43.6 Å². The Morgan fingerprint density at radius 2 is 2.07 bits per heavy atom. The molecule has 0 unspecified atom stereocenters. The number of carbonyl (C=O) groups excluding carboxylic acids is 1. The van der Waals surface area contributed by atoms with Gasteiger partial charge in [0.2, 0.25) is 11.8 Å². The molecule has 2 aromatic heterocycles. The summed E-state index contributed by atoms with van der Waals surface area (Å²) >= 11 is 6.12. The number of anilines is 1. The van der Waals surface area contributed by atoms with Crippen molar-refractivity contribution in [3.8, 4) is 0 Å². The molecule has 0 radical (unpaired) electrons. The van der Waals surface area contributed by atoms with Crippen LogP contribution in [0.4, 0.5) is 10.3 Å². The lowest BCUT2D eigenvalue weighted by molar-refractivity contribution is -0.174. The molecule has 0 aliphatic carbocycles. The van der Waals surface area contributed by atoms with Crippen molar-refractivity contribution in [3.05, 3.63) is 47.4 Å². The number of aromatic nitrogens is 4. The van der Waals surface area contributed by atoms with Crippen molar-refractivity contribution in [1.29, 1.82) is 0 Å². The summed E-state index contributed by atoms with van der Waals surface area (Å²) in [6.45, 7) is 4.96. The fourth-order valence-corrected chi connectivity index (χ4v) is 4.03. The van der Waals surface area contributed by atoms with E-state index in [2.05, 4.69) is 15.0 Å². The summed E-state index contributed by atoms with van der Waals surface area (Å²) in [5, 5.41) is 0.0623. The lowest BCUT2D eigenvalue weighted by atomic mass is 9.85. The van der Waals surface area contributed by atoms with Crippen molar-refractivity contribution in [2.75, 3.05) is 5.73 Å². The number of imidazole rings is 1. The van der Waals surface area contributed by atoms with Gasteiger partial charge in [0.1, 0.15) is 5.52 Å². The Morgan fingerprint density at radius 3 is 2.73 bits per heavy atom. The summed E-state index contributed by atoms with van der Waals surface area (Å²) in [5.41, 5.74) is 5.25. The lowest BCUT2D eigenvalue weighted by Gasteiger charge is -2.34. The van der Waals surface area contributed by atoms with E-state index in [0.717, 1.165) is 0 Å². The molecule has 4 rings (SSSR count). The highest BCUT2D eigenvalue weighted by atomic mass is 35.5. The Morgan fingerprint density at radius 1 is 1.37 bits per heavy atom. The number of carbonyl (C=O) groups is 1. The van der Waals surface area contributed by atoms with Gasteiger partial charge in [0.15, 0.2) is 22.6 Å². The molecule has 158 valence electrons. The lowest BCUT2D eigenvalue weighted by Crippen LogP contribution is -2.44. The average Bonchev–Trinajstić information content (AvgIpc) is 3.22. The second-order valence-electron chi connectivity index (χ2n) is 7.47. The molecule has 8 nitrogen and oxygen atoms in total. The van der Waals surface area contributed by atoms with Gasteiger partial charge in [-0.3, -0.25) is 4.57 Å². The summed E-state index contributed by atoms with van der Waals surface area (Å²) in [6, 6.07) is 8.49. The normalized spacial score (nSPS) is 28.7. The van der Waals surface area contributed by atoms with Gasteiger partial charge in [0, 0.05) is 6.42 Å². The molecule has 30 heavy (non-hydrogen) atoms. The van der Waals surface area contributed by atoms with Gasteiger partial charge in [-0.2, -0.15) is 9.97 Å². The van der Waals surface area contributed by atoms with E-state index >= 15 is 4.39 Å². The number of esters is 1. The van der Waals surface area contributed by atoms with Crippen LogP contribution in [-0.4, -0.2) is 36.9 Å². The average molecular weight is 434 g/mol. The van der Waals surface area contributed by atoms with Crippen LogP contribution in [-0.2, 0) is 9.47 Å². The molecule has 0 amide bonds. The van der Waals surface area contributed by atoms with Crippen LogP contribution in [0.3, 0.4) is 0 Å². The van der Waals surface area contributed by atoms with E-state index in [4.69, 9.17) is 26.8 Å². The number of hydrogen-bond acceptors (Lipinski definition) is 7. The van der Waals surface area contributed by atoms with E-state index in [1.54, 1.807) is 51.1 Å². The largest absolute Gasteiger partial charge is 0.450 e. The van der Waals surface area contributed by atoms with E-state index < -0.39 is 29.6 Å². The predicted octanol–water partition coefficient (Wildman–Crippen LogP) is 3.92. The summed E-state index contributed by atoms with van der Waals surface area (Å²) in [6.07, 6.45) is 0.409. The number of benzene rings is 1. The monoisotopic (exact) mass is 433 g/mol. The van der Waals surface area contributed by atoms with Crippen LogP contribution >= 0.6 is 11.6 Å². The number of nitrogen functional groups attached to an aromatic ring is 1. The van der Waals surface area contributed by atoms with Gasteiger partial charge in [0.05, 0.1) is 17.8 Å². The smallest absolute Gasteiger partial charge is 0.338 e. The fraction of sp³-hybridized carbons (Fsp3) is 0.400. The van der Waals surface area contributed by atoms with Crippen LogP contribution in [0.5, 0.6) is 0 Å². The minimum absolute atomic E-state index is 0.0623. The Hall–Kier alpha value is -2.78. The molecule has 4 atom stereocenters. The molecule has 2 N–H and O–H groups in total. The zero-order valence-corrected chi connectivity index (χ0v) is 17.4. The zero-order valence-electron chi connectivity index (χ0n) is 16.7. The first-order chi connectivity index (χ1) is 14.2. The molecule has 1 aromatic carbocycles. The van der Waals surface area contributed by atoms with E-state index in [1.807, 2.05) is 0 Å². The maximum absolute atomic E-state index is 15.7. The highest BCUT2D eigenvalue weighted by molar-refractivity contribution is 6.33. The first kappa shape index (κ1) is 20.5. The first-order valence-corrected chi connectivity index (χ1v) is 9.88. The molecule has 1 aliphatic rings. The third-order valence-electron chi connectivity index (χ3n) is 5.76. The Bertz CT molecular complexity index is 1110. The minimum Gasteiger partial charge on any atom is -0.450 e. The van der Waals surface area contributed by atoms with Crippen molar-refractivity contribution < 1.29 is 18.7 Å². The van der Waals surface area contributed by atoms with Gasteiger partial charge in [0.25, 0.3) is 0 Å². The van der Waals surface area contributed by atoms with Crippen LogP contribution in [0.25, 0.3) is 11.2 Å². The number of fused-ring (bicyclic) bond motifs is 1. The first-order valence-electron chi connectivity index (χ1n) is 9.50. The molecule has 1 aliphatic heterocycles. The van der Waals surface area contributed by atoms with Crippen LogP contribution in [0, 0.1) is 5.92 Å². The Kier molecular flexibility index (Phi) is 4.90. The minimum atomic E-state index is -2.03. The topological polar surface area (TPSA) is 105 Å². The predicted molar refractivity (Wildman–Crippen MR) is 108 cm³/mol. The maximum Gasteiger partial charge on any atom is 0.338 e. The summed E-state index contributed by atoms with van der Waals surface area (Å²) in [5.74, 6) is -3.48. The molecule has 0 bridgehead atoms. The molecule has 0 saturated carbocycles. The quantitative estimate of drug-likeness (QED) is 0.491. The number of hydrogen-bond donors (Lipinski definition) is 1. The molecule has 1 fully saturated rings. The van der Waals surface area contributed by atoms with E-state index in [9.17, 15) is 4.79 Å². The summed E-state index contributed by atoms with van der Waals surface area (Å²) < 4.78 is 28.8. The van der Waals surface area contributed by atoms with Crippen LogP contribution in [0.1, 0.15) is 43.8 Å². The summed E-state index contributed by atoms with van der Waals surface area (Å²) in [7, 11) is 0. The molecule has 1 saturated heterocycles. The van der Waals surface area contributed by atoms with Gasteiger partial charge >= 0.3 is 5.97 Å². The van der Waals surface area contributed by atoms with Crippen molar-refractivity contribution >= 4 is 34.7 Å². The van der Waals surface area contributed by atoms with Crippen LogP contribution in [0.15, 0.2) is 36.7 Å². The SMILES string of the molecule is CC[C@@]1(F)O[C@@H](n2cnc3c(Cl)nc(N)nc32)[C@](C)(OC(=O)c2ccccc2)[C@@H]1C. The third-order valence-corrected chi connectivity index (χ3v) is 6.02. The van der Waals surface area contributed by atoms with Gasteiger partial charge in [-0.25, -0.2) is 14.2 Å². The van der Waals surface area contributed by atoms with E-state index in [-0.39, 0.29) is 28.7 Å². The number of nitrogens with two attached hydrogens (primary N) is 1. The molecular formula is C20H21ClFN5O3. The second-order valence-corrected chi connectivity index (χ2v) is 7.83. The van der Waals surface area contributed by atoms with E-state index in [1.165, 1.54) is 10.9 Å². The van der Waals surface area contributed by atoms with E-state index in [0.29, 0.717) is 5.56 Å². The van der Waals surface area contributed by atoms with Gasteiger partial charge in [-0.15, -0.1) is 0 Å². The fourth-order valence-electron chi connectivity index (χ4n) is 3.81. The van der Waals surface area contributed by atoms with Crippen LogP contribution in [0.2, 0.25) is 5.15 Å². The Balaban J connectivity index is 1.82. The van der Waals surface area contributed by atoms with Crippen molar-refractivity contribution in [2.45, 2.75) is 44.9 Å². The second kappa shape index (κ2) is 7.17. The van der Waals surface area contributed by atoms with Gasteiger partial charge in [-0.05, 0) is 19.1 Å². The highest BCUT2D eigenvalue weighted by Crippen LogP contribution is 2.53. The molecule has 3 heterocycles. The van der Waals surface area contributed by atoms with Crippen LogP contribution < -0.4 is 5.73 Å². The number of alkyl halides is 1. The number of ether oxygens (including phenoxy) is 2. The molecule has 10 heteroatoms. The van der Waals surface area contributed by atoms with Crippen molar-refractivity contribution in [1.82, 2.24) is 19.5 Å². The van der Waals surface area contributed by atoms with Gasteiger partial charge < -0.3 is 15.2 Å². The summed E-state index contributed by atoms with van der Waals surface area (Å²) in [4.78, 5) is 25.1. The Labute approximate surface area is 177 Å². The zero-order chi connectivity index (χ0) is 21.7. The number of nitrogens with zero attached hydrogens (tertiary/aromatic N) is 4. The number of halogens is 2. The highest BCUT2D eigenvalue weighted by Gasteiger charge is 2.63. The number of rotatable bonds is 4. The molecule has 3 aromatic rings. The standard InChI is InChI=1S/C20H21ClFN5O3/c1-4-20(22)11(2)19(3,29-16(28)12-8-6-5-7-9-12)17(30-20)27-10-24-13-14(21)25-18(23)26-15(13)27/h5-11,17H,4H2,1-3H3,(H2,23,25,26)/t11-,17+,19+,20+/m0/s1. The third kappa shape index (κ3) is 3.09. The van der Waals surface area contributed by atoms with Crippen molar-refractivity contribution in [2.24, 2.45) is 5.92 Å². The molecule has 0 spiro atoms. The molecular weight excluding hydrogens is 413 g/mol. The van der Waals surface area contributed by atoms with Crippen molar-refractivity contribution in [3.63, 3.8) is 0 Å².